The van der Waals surface area contributed by atoms with Gasteiger partial charge >= 0.3 is 0 Å². The van der Waals surface area contributed by atoms with Gasteiger partial charge in [0.2, 0.25) is 5.91 Å². The number of carbonyl (C=O) groups is 1. The van der Waals surface area contributed by atoms with Gasteiger partial charge in [0.1, 0.15) is 11.7 Å². The highest BCUT2D eigenvalue weighted by atomic mass is 16.2. The van der Waals surface area contributed by atoms with E-state index >= 15 is 0 Å². The summed E-state index contributed by atoms with van der Waals surface area (Å²) in [6.07, 6.45) is 12.7. The molecule has 4 aromatic rings. The number of pyridine rings is 2. The minimum atomic E-state index is -0.697. The van der Waals surface area contributed by atoms with Crippen LogP contribution in [-0.2, 0) is 11.3 Å². The topological polar surface area (TPSA) is 98.5 Å². The lowest BCUT2D eigenvalue weighted by molar-refractivity contribution is -0.116. The standard InChI is InChI=1S/C31H41N7O/c1-4-5-6-7-8-9-10-11-12-16-21-38-36-30(35-37-38)28(25-17-14-13-15-18-25)31(39)34-27-20-19-26-23(2)22-24(3)32-29(26)33-27/h13-15,17-20,22,28H,4-12,16,21H2,1-3H3,(H,32,33,34,39)/t28-/m1/s1. The summed E-state index contributed by atoms with van der Waals surface area (Å²) in [7, 11) is 0. The van der Waals surface area contributed by atoms with Crippen molar-refractivity contribution in [1.82, 2.24) is 30.2 Å². The van der Waals surface area contributed by atoms with Crippen LogP contribution >= 0.6 is 0 Å². The Morgan fingerprint density at radius 2 is 1.56 bits per heavy atom. The average molecular weight is 528 g/mol. The number of amides is 1. The third-order valence-electron chi connectivity index (χ3n) is 7.09. The van der Waals surface area contributed by atoms with Gasteiger partial charge in [-0.3, -0.25) is 4.79 Å². The van der Waals surface area contributed by atoms with E-state index < -0.39 is 5.92 Å². The molecule has 8 heteroatoms. The summed E-state index contributed by atoms with van der Waals surface area (Å²) in [5, 5.41) is 17.1. The SMILES string of the molecule is CCCCCCCCCCCCn1nnc([C@H](C(=O)Nc2ccc3c(C)cc(C)nc3n2)c2ccccc2)n1. The third-order valence-corrected chi connectivity index (χ3v) is 7.09. The Morgan fingerprint density at radius 1 is 0.872 bits per heavy atom. The number of nitrogens with one attached hydrogen (secondary N) is 1. The molecule has 0 spiro atoms. The van der Waals surface area contributed by atoms with E-state index in [1.54, 1.807) is 4.80 Å². The van der Waals surface area contributed by atoms with E-state index in [1.165, 1.54) is 51.4 Å². The van der Waals surface area contributed by atoms with Crippen molar-refractivity contribution in [2.45, 2.75) is 97.4 Å². The Balaban J connectivity index is 1.37. The van der Waals surface area contributed by atoms with Crippen LogP contribution in [0.25, 0.3) is 11.0 Å². The second kappa shape index (κ2) is 14.5. The van der Waals surface area contributed by atoms with Gasteiger partial charge in [-0.25, -0.2) is 9.97 Å². The number of nitrogens with zero attached hydrogens (tertiary/aromatic N) is 6. The molecule has 0 fully saturated rings. The van der Waals surface area contributed by atoms with Gasteiger partial charge in [0.25, 0.3) is 0 Å². The predicted molar refractivity (Wildman–Crippen MR) is 156 cm³/mol. The van der Waals surface area contributed by atoms with Crippen molar-refractivity contribution in [2.24, 2.45) is 0 Å². The number of unbranched alkanes of at least 4 members (excludes halogenated alkanes) is 9. The van der Waals surface area contributed by atoms with Crippen molar-refractivity contribution in [3.63, 3.8) is 0 Å². The number of hydrogen-bond donors (Lipinski definition) is 1. The van der Waals surface area contributed by atoms with Gasteiger partial charge in [-0.2, -0.15) is 4.80 Å². The fraction of sp³-hybridized carbons (Fsp3) is 0.484. The van der Waals surface area contributed by atoms with Gasteiger partial charge in [-0.1, -0.05) is 95.0 Å². The van der Waals surface area contributed by atoms with Gasteiger partial charge in [0.15, 0.2) is 11.5 Å². The molecule has 0 saturated carbocycles. The average Bonchev–Trinajstić information content (AvgIpc) is 3.38. The predicted octanol–water partition coefficient (Wildman–Crippen LogP) is 6.92. The van der Waals surface area contributed by atoms with E-state index in [1.807, 2.05) is 62.4 Å². The molecule has 0 aliphatic carbocycles. The fourth-order valence-electron chi connectivity index (χ4n) is 4.97. The summed E-state index contributed by atoms with van der Waals surface area (Å²) in [5.41, 5.74) is 3.41. The first kappa shape index (κ1) is 28.3. The molecule has 4 rings (SSSR count). The zero-order valence-corrected chi connectivity index (χ0v) is 23.6. The van der Waals surface area contributed by atoms with Crippen molar-refractivity contribution >= 4 is 22.8 Å². The second-order valence-electron chi connectivity index (χ2n) is 10.4. The molecule has 0 unspecified atom stereocenters. The molecular weight excluding hydrogens is 486 g/mol. The Labute approximate surface area is 231 Å². The number of tetrazole rings is 1. The summed E-state index contributed by atoms with van der Waals surface area (Å²) in [6.45, 7) is 6.93. The summed E-state index contributed by atoms with van der Waals surface area (Å²) in [5.74, 6) is -0.117. The molecule has 0 aliphatic heterocycles. The van der Waals surface area contributed by atoms with Crippen LogP contribution in [0.15, 0.2) is 48.5 Å². The first-order valence-electron chi connectivity index (χ1n) is 14.4. The van der Waals surface area contributed by atoms with E-state index in [0.29, 0.717) is 23.8 Å². The number of anilines is 1. The summed E-state index contributed by atoms with van der Waals surface area (Å²) >= 11 is 0. The lowest BCUT2D eigenvalue weighted by atomic mass is 9.97. The summed E-state index contributed by atoms with van der Waals surface area (Å²) in [6, 6.07) is 15.3. The molecule has 0 aliphatic rings. The van der Waals surface area contributed by atoms with Crippen molar-refractivity contribution in [1.29, 1.82) is 0 Å². The zero-order chi connectivity index (χ0) is 27.5. The number of benzene rings is 1. The van der Waals surface area contributed by atoms with E-state index in [-0.39, 0.29) is 5.91 Å². The Morgan fingerprint density at radius 3 is 2.28 bits per heavy atom. The highest BCUT2D eigenvalue weighted by molar-refractivity contribution is 5.97. The van der Waals surface area contributed by atoms with Crippen LogP contribution in [0.3, 0.4) is 0 Å². The van der Waals surface area contributed by atoms with Crippen LogP contribution < -0.4 is 5.32 Å². The number of carbonyl (C=O) groups excluding carboxylic acids is 1. The molecule has 8 nitrogen and oxygen atoms in total. The van der Waals surface area contributed by atoms with E-state index in [0.717, 1.165) is 35.0 Å². The monoisotopic (exact) mass is 527 g/mol. The van der Waals surface area contributed by atoms with Gasteiger partial charge in [-0.15, -0.1) is 10.2 Å². The van der Waals surface area contributed by atoms with E-state index in [4.69, 9.17) is 0 Å². The largest absolute Gasteiger partial charge is 0.310 e. The Bertz CT molecular complexity index is 1340. The minimum absolute atomic E-state index is 0.254. The number of hydrogen-bond acceptors (Lipinski definition) is 6. The molecule has 39 heavy (non-hydrogen) atoms. The molecule has 0 bridgehead atoms. The Kier molecular flexibility index (Phi) is 10.5. The smallest absolute Gasteiger partial charge is 0.240 e. The number of aryl methyl sites for hydroxylation is 3. The maximum Gasteiger partial charge on any atom is 0.240 e. The van der Waals surface area contributed by atoms with Crippen LogP contribution in [-0.4, -0.2) is 36.1 Å². The molecular formula is C31H41N7O. The van der Waals surface area contributed by atoms with Crippen LogP contribution in [0.1, 0.15) is 99.7 Å². The normalized spacial score (nSPS) is 12.1. The Hall–Kier alpha value is -3.68. The highest BCUT2D eigenvalue weighted by Gasteiger charge is 2.28. The van der Waals surface area contributed by atoms with Crippen molar-refractivity contribution in [2.75, 3.05) is 5.32 Å². The first-order valence-corrected chi connectivity index (χ1v) is 14.4. The lowest BCUT2D eigenvalue weighted by Gasteiger charge is -2.14. The zero-order valence-electron chi connectivity index (χ0n) is 23.6. The van der Waals surface area contributed by atoms with Crippen LogP contribution in [0.4, 0.5) is 5.82 Å². The fourth-order valence-corrected chi connectivity index (χ4v) is 4.97. The van der Waals surface area contributed by atoms with Crippen molar-refractivity contribution in [3.05, 3.63) is 71.2 Å². The third kappa shape index (κ3) is 8.15. The molecule has 3 heterocycles. The van der Waals surface area contributed by atoms with E-state index in [2.05, 4.69) is 37.6 Å². The minimum Gasteiger partial charge on any atom is -0.310 e. The molecule has 1 amide bonds. The van der Waals surface area contributed by atoms with Gasteiger partial charge in [0.05, 0.1) is 6.54 Å². The van der Waals surface area contributed by atoms with Crippen LogP contribution in [0, 0.1) is 13.8 Å². The van der Waals surface area contributed by atoms with Gasteiger partial charge in [-0.05, 0) is 54.8 Å². The molecule has 206 valence electrons. The number of aromatic nitrogens is 6. The second-order valence-corrected chi connectivity index (χ2v) is 10.4. The maximum absolute atomic E-state index is 13.5. The maximum atomic E-state index is 13.5. The molecule has 0 saturated heterocycles. The van der Waals surface area contributed by atoms with Crippen LogP contribution in [0.2, 0.25) is 0 Å². The summed E-state index contributed by atoms with van der Waals surface area (Å²) in [4.78, 5) is 24.3. The lowest BCUT2D eigenvalue weighted by Crippen LogP contribution is -2.24. The van der Waals surface area contributed by atoms with Crippen molar-refractivity contribution < 1.29 is 4.79 Å². The quantitative estimate of drug-likeness (QED) is 0.168. The van der Waals surface area contributed by atoms with Gasteiger partial charge in [0, 0.05) is 11.1 Å². The number of rotatable bonds is 15. The molecule has 1 atom stereocenters. The molecule has 1 aromatic carbocycles. The molecule has 1 N–H and O–H groups in total. The highest BCUT2D eigenvalue weighted by Crippen LogP contribution is 2.24. The number of fused-ring (bicyclic) bond motifs is 1. The summed E-state index contributed by atoms with van der Waals surface area (Å²) < 4.78 is 0. The van der Waals surface area contributed by atoms with Gasteiger partial charge < -0.3 is 5.32 Å². The first-order chi connectivity index (χ1) is 19.0. The molecule has 3 aromatic heterocycles. The molecule has 0 radical (unpaired) electrons. The van der Waals surface area contributed by atoms with Crippen molar-refractivity contribution in [3.8, 4) is 0 Å². The van der Waals surface area contributed by atoms with Crippen LogP contribution in [0.5, 0.6) is 0 Å². The van der Waals surface area contributed by atoms with E-state index in [9.17, 15) is 4.79 Å².